The highest BCUT2D eigenvalue weighted by Gasteiger charge is 2.33. The van der Waals surface area contributed by atoms with Gasteiger partial charge in [0.2, 0.25) is 5.95 Å². The van der Waals surface area contributed by atoms with E-state index in [0.717, 1.165) is 44.4 Å². The predicted octanol–water partition coefficient (Wildman–Crippen LogP) is 2.94. The van der Waals surface area contributed by atoms with Gasteiger partial charge in [0.15, 0.2) is 0 Å². The molecule has 0 saturated carbocycles. The fourth-order valence-electron chi connectivity index (χ4n) is 3.90. The van der Waals surface area contributed by atoms with Crippen LogP contribution in [-0.2, 0) is 12.7 Å². The molecule has 0 aliphatic carbocycles. The van der Waals surface area contributed by atoms with Crippen LogP contribution in [0, 0.1) is 0 Å². The maximum Gasteiger partial charge on any atom is 0.433 e. The molecule has 3 aromatic heterocycles. The largest absolute Gasteiger partial charge is 0.433 e. The summed E-state index contributed by atoms with van der Waals surface area (Å²) in [6.07, 6.45) is 1.81. The van der Waals surface area contributed by atoms with Crippen molar-refractivity contribution in [1.29, 1.82) is 0 Å². The lowest BCUT2D eigenvalue weighted by Gasteiger charge is -2.32. The summed E-state index contributed by atoms with van der Waals surface area (Å²) in [4.78, 5) is 18.9. The molecule has 1 fully saturated rings. The van der Waals surface area contributed by atoms with Crippen molar-refractivity contribution < 1.29 is 13.2 Å². The number of nitrogens with two attached hydrogens (primary N) is 1. The first kappa shape index (κ1) is 22.0. The number of piperidine rings is 1. The standard InChI is InChI=1S/C21H25F3N8/c1-26-8-11-32-13-16(15-2-6-27-17(12-15)21(22,23)24)29-19(32)14-4-9-31(10-5-14)20-28-7-3-18(25)30-20/h2-3,6-7,12-14,26H,4-5,8-11H2,1H3,(H2,25,28,30). The van der Waals surface area contributed by atoms with Crippen LogP contribution < -0.4 is 16.0 Å². The van der Waals surface area contributed by atoms with Gasteiger partial charge in [-0.2, -0.15) is 18.2 Å². The van der Waals surface area contributed by atoms with Crippen LogP contribution in [0.3, 0.4) is 0 Å². The van der Waals surface area contributed by atoms with Crippen molar-refractivity contribution in [3.8, 4) is 11.3 Å². The lowest BCUT2D eigenvalue weighted by molar-refractivity contribution is -0.141. The Morgan fingerprint density at radius 3 is 2.56 bits per heavy atom. The lowest BCUT2D eigenvalue weighted by Crippen LogP contribution is -2.35. The minimum absolute atomic E-state index is 0.182. The summed E-state index contributed by atoms with van der Waals surface area (Å²) in [6, 6.07) is 4.26. The fourth-order valence-corrected chi connectivity index (χ4v) is 3.90. The molecule has 0 amide bonds. The van der Waals surface area contributed by atoms with Gasteiger partial charge in [0, 0.05) is 56.3 Å². The molecule has 1 aliphatic rings. The third-order valence-electron chi connectivity index (χ3n) is 5.56. The van der Waals surface area contributed by atoms with Crippen molar-refractivity contribution in [1.82, 2.24) is 29.8 Å². The highest BCUT2D eigenvalue weighted by molar-refractivity contribution is 5.59. The first-order valence-corrected chi connectivity index (χ1v) is 10.4. The molecule has 1 saturated heterocycles. The first-order valence-electron chi connectivity index (χ1n) is 10.4. The maximum atomic E-state index is 13.1. The average molecular weight is 446 g/mol. The Kier molecular flexibility index (Phi) is 6.26. The molecule has 0 atom stereocenters. The van der Waals surface area contributed by atoms with Gasteiger partial charge in [-0.15, -0.1) is 0 Å². The number of hydrogen-bond donors (Lipinski definition) is 2. The average Bonchev–Trinajstić information content (AvgIpc) is 3.21. The summed E-state index contributed by atoms with van der Waals surface area (Å²) in [5.41, 5.74) is 5.78. The number of aromatic nitrogens is 5. The molecule has 0 aromatic carbocycles. The number of nitrogens with zero attached hydrogens (tertiary/aromatic N) is 6. The van der Waals surface area contributed by atoms with E-state index in [-0.39, 0.29) is 5.92 Å². The van der Waals surface area contributed by atoms with Crippen molar-refractivity contribution in [2.45, 2.75) is 31.5 Å². The molecule has 3 N–H and O–H groups in total. The zero-order chi connectivity index (χ0) is 22.7. The van der Waals surface area contributed by atoms with Crippen LogP contribution in [0.15, 0.2) is 36.8 Å². The van der Waals surface area contributed by atoms with Gasteiger partial charge >= 0.3 is 6.18 Å². The van der Waals surface area contributed by atoms with Crippen LogP contribution in [0.2, 0.25) is 0 Å². The molecule has 1 aliphatic heterocycles. The first-order chi connectivity index (χ1) is 15.3. The second-order valence-corrected chi connectivity index (χ2v) is 7.75. The fraction of sp³-hybridized carbons (Fsp3) is 0.429. The lowest BCUT2D eigenvalue weighted by atomic mass is 9.96. The number of nitrogens with one attached hydrogen (secondary N) is 1. The number of imidazole rings is 1. The molecule has 11 heteroatoms. The number of pyridine rings is 1. The smallest absolute Gasteiger partial charge is 0.384 e. The van der Waals surface area contributed by atoms with Gasteiger partial charge in [-0.05, 0) is 38.1 Å². The van der Waals surface area contributed by atoms with E-state index < -0.39 is 11.9 Å². The Labute approximate surface area is 183 Å². The summed E-state index contributed by atoms with van der Waals surface area (Å²) in [5.74, 6) is 2.11. The van der Waals surface area contributed by atoms with Crippen LogP contribution in [-0.4, -0.2) is 51.2 Å². The van der Waals surface area contributed by atoms with E-state index >= 15 is 0 Å². The zero-order valence-corrected chi connectivity index (χ0v) is 17.7. The molecule has 0 spiro atoms. The van der Waals surface area contributed by atoms with Crippen LogP contribution in [0.1, 0.15) is 30.3 Å². The van der Waals surface area contributed by atoms with Crippen molar-refractivity contribution in [2.24, 2.45) is 0 Å². The summed E-state index contributed by atoms with van der Waals surface area (Å²) in [5, 5.41) is 3.11. The Bertz CT molecular complexity index is 1060. The van der Waals surface area contributed by atoms with Crippen LogP contribution >= 0.6 is 0 Å². The summed E-state index contributed by atoms with van der Waals surface area (Å²) in [7, 11) is 1.86. The molecule has 4 heterocycles. The van der Waals surface area contributed by atoms with E-state index in [1.165, 1.54) is 6.20 Å². The van der Waals surface area contributed by atoms with E-state index in [1.807, 2.05) is 17.8 Å². The number of hydrogen-bond acceptors (Lipinski definition) is 7. The topological polar surface area (TPSA) is 97.8 Å². The van der Waals surface area contributed by atoms with E-state index in [9.17, 15) is 13.2 Å². The summed E-state index contributed by atoms with van der Waals surface area (Å²) in [6.45, 7) is 2.89. The summed E-state index contributed by atoms with van der Waals surface area (Å²) < 4.78 is 41.4. The molecular weight excluding hydrogens is 421 g/mol. The number of halogens is 3. The summed E-state index contributed by atoms with van der Waals surface area (Å²) >= 11 is 0. The predicted molar refractivity (Wildman–Crippen MR) is 115 cm³/mol. The van der Waals surface area contributed by atoms with Crippen molar-refractivity contribution in [2.75, 3.05) is 37.3 Å². The molecule has 32 heavy (non-hydrogen) atoms. The van der Waals surface area contributed by atoms with Gasteiger partial charge in [-0.3, -0.25) is 4.98 Å². The number of rotatable bonds is 6. The van der Waals surface area contributed by atoms with Gasteiger partial charge < -0.3 is 20.5 Å². The number of likely N-dealkylation sites (N-methyl/N-ethyl adjacent to an activating group) is 1. The van der Waals surface area contributed by atoms with Crippen LogP contribution in [0.4, 0.5) is 24.9 Å². The van der Waals surface area contributed by atoms with Gasteiger partial charge in [0.1, 0.15) is 17.3 Å². The Morgan fingerprint density at radius 2 is 1.88 bits per heavy atom. The highest BCUT2D eigenvalue weighted by atomic mass is 19.4. The molecule has 3 aromatic rings. The van der Waals surface area contributed by atoms with E-state index in [4.69, 9.17) is 10.7 Å². The maximum absolute atomic E-state index is 13.1. The molecule has 4 rings (SSSR count). The zero-order valence-electron chi connectivity index (χ0n) is 17.7. The normalized spacial score (nSPS) is 15.3. The Balaban J connectivity index is 1.57. The molecule has 0 unspecified atom stereocenters. The van der Waals surface area contributed by atoms with Crippen LogP contribution in [0.5, 0.6) is 0 Å². The number of anilines is 2. The quantitative estimate of drug-likeness (QED) is 0.601. The molecule has 170 valence electrons. The van der Waals surface area contributed by atoms with Crippen molar-refractivity contribution in [3.05, 3.63) is 48.3 Å². The Hall–Kier alpha value is -3.21. The third kappa shape index (κ3) is 4.82. The second kappa shape index (κ2) is 9.11. The highest BCUT2D eigenvalue weighted by Crippen LogP contribution is 2.33. The van der Waals surface area contributed by atoms with E-state index in [0.29, 0.717) is 29.6 Å². The second-order valence-electron chi connectivity index (χ2n) is 7.75. The van der Waals surface area contributed by atoms with Gasteiger partial charge in [0.05, 0.1) is 5.69 Å². The van der Waals surface area contributed by atoms with E-state index in [2.05, 4.69) is 25.2 Å². The van der Waals surface area contributed by atoms with Crippen LogP contribution in [0.25, 0.3) is 11.3 Å². The monoisotopic (exact) mass is 446 g/mol. The minimum atomic E-state index is -4.50. The SMILES string of the molecule is CNCCn1cc(-c2ccnc(C(F)(F)F)c2)nc1C1CCN(c2nccc(N)n2)CC1. The van der Waals surface area contributed by atoms with Gasteiger partial charge in [-0.25, -0.2) is 9.97 Å². The van der Waals surface area contributed by atoms with Gasteiger partial charge in [0.25, 0.3) is 0 Å². The molecule has 8 nitrogen and oxygen atoms in total. The van der Waals surface area contributed by atoms with Gasteiger partial charge in [-0.1, -0.05) is 0 Å². The third-order valence-corrected chi connectivity index (χ3v) is 5.56. The number of nitrogen functional groups attached to an aromatic ring is 1. The van der Waals surface area contributed by atoms with Crippen molar-refractivity contribution in [3.63, 3.8) is 0 Å². The van der Waals surface area contributed by atoms with E-state index in [1.54, 1.807) is 18.3 Å². The Morgan fingerprint density at radius 1 is 1.12 bits per heavy atom. The minimum Gasteiger partial charge on any atom is -0.384 e. The molecular formula is C21H25F3N8. The van der Waals surface area contributed by atoms with Crippen molar-refractivity contribution >= 4 is 11.8 Å². The molecule has 0 radical (unpaired) electrons. The molecule has 0 bridgehead atoms. The number of alkyl halides is 3.